The minimum absolute atomic E-state index is 0.0658. The molecule has 1 fully saturated rings. The van der Waals surface area contributed by atoms with Crippen LogP contribution in [0.3, 0.4) is 0 Å². The van der Waals surface area contributed by atoms with E-state index in [1.807, 2.05) is 6.07 Å². The fraction of sp³-hybridized carbons (Fsp3) is 0.381. The predicted molar refractivity (Wildman–Crippen MR) is 102 cm³/mol. The molecule has 5 heteroatoms. The first-order chi connectivity index (χ1) is 12.7. The lowest BCUT2D eigenvalue weighted by Gasteiger charge is -2.33. The van der Waals surface area contributed by atoms with Crippen LogP contribution in [-0.2, 0) is 4.74 Å². The molecule has 0 amide bonds. The molecule has 26 heavy (non-hydrogen) atoms. The van der Waals surface area contributed by atoms with Crippen molar-refractivity contribution in [3.05, 3.63) is 59.7 Å². The van der Waals surface area contributed by atoms with Gasteiger partial charge in [-0.25, -0.2) is 0 Å². The average molecular weight is 355 g/mol. The van der Waals surface area contributed by atoms with Crippen molar-refractivity contribution in [1.29, 1.82) is 0 Å². The highest BCUT2D eigenvalue weighted by molar-refractivity contribution is 5.84. The average Bonchev–Trinajstić information content (AvgIpc) is 2.69. The maximum Gasteiger partial charge on any atom is 0.136 e. The Hall–Kier alpha value is -2.37. The molecule has 0 aromatic heterocycles. The van der Waals surface area contributed by atoms with Crippen LogP contribution in [0, 0.1) is 0 Å². The Balaban J connectivity index is 1.84. The molecule has 1 aliphatic heterocycles. The van der Waals surface area contributed by atoms with E-state index in [0.717, 1.165) is 26.3 Å². The number of phenols is 1. The van der Waals surface area contributed by atoms with E-state index < -0.39 is 0 Å². The van der Waals surface area contributed by atoms with E-state index >= 15 is 0 Å². The topological polar surface area (TPSA) is 55.5 Å². The van der Waals surface area contributed by atoms with Gasteiger partial charge in [-0.3, -0.25) is 4.99 Å². The predicted octanol–water partition coefficient (Wildman–Crippen LogP) is 1.86. The Kier molecular flexibility index (Phi) is 6.26. The summed E-state index contributed by atoms with van der Waals surface area (Å²) in [7, 11) is 1.61. The molecule has 1 saturated heterocycles. The van der Waals surface area contributed by atoms with Crippen molar-refractivity contribution in [2.45, 2.75) is 19.0 Å². The summed E-state index contributed by atoms with van der Waals surface area (Å²) in [6, 6.07) is 16.0. The second-order valence-corrected chi connectivity index (χ2v) is 6.60. The molecule has 138 valence electrons. The molecule has 2 aromatic rings. The summed E-state index contributed by atoms with van der Waals surface area (Å²) in [6.45, 7) is 5.65. The number of rotatable bonds is 6. The van der Waals surface area contributed by atoms with Gasteiger partial charge in [0.2, 0.25) is 0 Å². The van der Waals surface area contributed by atoms with Gasteiger partial charge in [-0.2, -0.15) is 0 Å². The zero-order valence-electron chi connectivity index (χ0n) is 15.4. The summed E-state index contributed by atoms with van der Waals surface area (Å²) in [5.41, 5.74) is 1.95. The second kappa shape index (κ2) is 8.83. The third-order valence-corrected chi connectivity index (χ3v) is 4.90. The summed E-state index contributed by atoms with van der Waals surface area (Å²) >= 11 is 0. The van der Waals surface area contributed by atoms with Gasteiger partial charge in [-0.1, -0.05) is 30.3 Å². The number of benzene rings is 2. The van der Waals surface area contributed by atoms with E-state index in [1.165, 1.54) is 10.5 Å². The number of nitrogens with one attached hydrogen (secondary N) is 1. The van der Waals surface area contributed by atoms with E-state index in [9.17, 15) is 5.11 Å². The number of ether oxygens (including phenoxy) is 2. The molecular weight excluding hydrogens is 328 g/mol. The van der Waals surface area contributed by atoms with Gasteiger partial charge in [0.05, 0.1) is 20.3 Å². The maximum absolute atomic E-state index is 10.1. The molecule has 2 N–H and O–H groups in total. The number of aliphatic imine (C=N–C) groups is 1. The fourth-order valence-corrected chi connectivity index (χ4v) is 3.51. The van der Waals surface area contributed by atoms with Gasteiger partial charge in [-0.15, -0.1) is 0 Å². The molecule has 0 bridgehead atoms. The van der Waals surface area contributed by atoms with Crippen LogP contribution in [0.2, 0.25) is 0 Å². The van der Waals surface area contributed by atoms with E-state index in [1.54, 1.807) is 31.5 Å². The molecule has 0 spiro atoms. The first-order valence-corrected chi connectivity index (χ1v) is 9.06. The molecule has 1 heterocycles. The zero-order chi connectivity index (χ0) is 18.4. The van der Waals surface area contributed by atoms with Crippen LogP contribution in [0.5, 0.6) is 11.5 Å². The molecule has 3 rings (SSSR count). The smallest absolute Gasteiger partial charge is 0.136 e. The standard InChI is InChI=1S/C21H26N2O3/c1-16(22-15-18-14-19(25-2)8-9-20(18)24)21(17-6-4-3-5-7-17)23-10-12-26-13-11-23/h3-9,14-16,21,24H,10-13H2,1-2H3/p+1/t16-,21-/m0/s1. The number of morpholine rings is 1. The van der Waals surface area contributed by atoms with Crippen molar-refractivity contribution in [3.8, 4) is 11.5 Å². The fourth-order valence-electron chi connectivity index (χ4n) is 3.51. The van der Waals surface area contributed by atoms with E-state index in [-0.39, 0.29) is 17.8 Å². The van der Waals surface area contributed by atoms with Gasteiger partial charge in [-0.05, 0) is 25.1 Å². The van der Waals surface area contributed by atoms with Crippen LogP contribution in [0.25, 0.3) is 0 Å². The summed E-state index contributed by atoms with van der Waals surface area (Å²) in [4.78, 5) is 6.27. The number of hydrogen-bond acceptors (Lipinski definition) is 4. The van der Waals surface area contributed by atoms with Crippen LogP contribution in [0.4, 0.5) is 0 Å². The lowest BCUT2D eigenvalue weighted by atomic mass is 9.98. The highest BCUT2D eigenvalue weighted by atomic mass is 16.5. The van der Waals surface area contributed by atoms with Crippen molar-refractivity contribution in [2.24, 2.45) is 4.99 Å². The molecule has 2 aromatic carbocycles. The first-order valence-electron chi connectivity index (χ1n) is 9.06. The Labute approximate surface area is 154 Å². The molecule has 5 nitrogen and oxygen atoms in total. The number of hydrogen-bond donors (Lipinski definition) is 2. The van der Waals surface area contributed by atoms with Crippen LogP contribution in [0.1, 0.15) is 24.1 Å². The number of phenolic OH excluding ortho intramolecular Hbond substituents is 1. The lowest BCUT2D eigenvalue weighted by molar-refractivity contribution is -0.940. The summed E-state index contributed by atoms with van der Waals surface area (Å²) in [5.74, 6) is 0.909. The molecule has 1 aliphatic rings. The van der Waals surface area contributed by atoms with Crippen molar-refractivity contribution in [1.82, 2.24) is 0 Å². The number of methoxy groups -OCH3 is 1. The highest BCUT2D eigenvalue weighted by Gasteiger charge is 2.30. The highest BCUT2D eigenvalue weighted by Crippen LogP contribution is 2.22. The lowest BCUT2D eigenvalue weighted by Crippen LogP contribution is -3.15. The van der Waals surface area contributed by atoms with Crippen LogP contribution >= 0.6 is 0 Å². The second-order valence-electron chi connectivity index (χ2n) is 6.60. The maximum atomic E-state index is 10.1. The quantitative estimate of drug-likeness (QED) is 0.778. The first kappa shape index (κ1) is 18.4. The van der Waals surface area contributed by atoms with Gasteiger partial charge in [0.15, 0.2) is 0 Å². The monoisotopic (exact) mass is 355 g/mol. The largest absolute Gasteiger partial charge is 0.507 e. The molecule has 2 atom stereocenters. The van der Waals surface area contributed by atoms with Gasteiger partial charge in [0.25, 0.3) is 0 Å². The van der Waals surface area contributed by atoms with Crippen LogP contribution in [-0.4, -0.2) is 50.8 Å². The minimum Gasteiger partial charge on any atom is -0.507 e. The van der Waals surface area contributed by atoms with Crippen molar-refractivity contribution >= 4 is 6.21 Å². The molecule has 0 radical (unpaired) electrons. The summed E-state index contributed by atoms with van der Waals surface area (Å²) in [5, 5.41) is 10.1. The Morgan fingerprint density at radius 1 is 1.15 bits per heavy atom. The van der Waals surface area contributed by atoms with Crippen molar-refractivity contribution in [2.75, 3.05) is 33.4 Å². The SMILES string of the molecule is COc1ccc(O)c(C=N[C@@H](C)[C@@H](c2ccccc2)[NH+]2CCOCC2)c1. The van der Waals surface area contributed by atoms with Gasteiger partial charge < -0.3 is 19.5 Å². The van der Waals surface area contributed by atoms with Crippen LogP contribution < -0.4 is 9.64 Å². The third-order valence-electron chi connectivity index (χ3n) is 4.90. The molecular formula is C21H27N2O3+. The van der Waals surface area contributed by atoms with Gasteiger partial charge in [0, 0.05) is 17.3 Å². The van der Waals surface area contributed by atoms with E-state index in [0.29, 0.717) is 11.3 Å². The summed E-state index contributed by atoms with van der Waals surface area (Å²) < 4.78 is 10.8. The number of aromatic hydroxyl groups is 1. The van der Waals surface area contributed by atoms with E-state index in [2.05, 4.69) is 31.2 Å². The molecule has 0 aliphatic carbocycles. The van der Waals surface area contributed by atoms with Crippen molar-refractivity contribution in [3.63, 3.8) is 0 Å². The van der Waals surface area contributed by atoms with E-state index in [4.69, 9.17) is 14.5 Å². The van der Waals surface area contributed by atoms with Gasteiger partial charge >= 0.3 is 0 Å². The Morgan fingerprint density at radius 2 is 1.88 bits per heavy atom. The number of quaternary nitrogens is 1. The third kappa shape index (κ3) is 4.42. The number of nitrogens with zero attached hydrogens (tertiary/aromatic N) is 1. The molecule has 0 saturated carbocycles. The summed E-state index contributed by atoms with van der Waals surface area (Å²) in [6.07, 6.45) is 1.75. The minimum atomic E-state index is 0.0658. The zero-order valence-corrected chi connectivity index (χ0v) is 15.4. The normalized spacial score (nSPS) is 17.9. The van der Waals surface area contributed by atoms with Crippen molar-refractivity contribution < 1.29 is 19.5 Å². The van der Waals surface area contributed by atoms with Crippen LogP contribution in [0.15, 0.2) is 53.5 Å². The Bertz CT molecular complexity index is 727. The Morgan fingerprint density at radius 3 is 2.58 bits per heavy atom. The van der Waals surface area contributed by atoms with Gasteiger partial charge in [0.1, 0.15) is 36.7 Å². The molecule has 0 unspecified atom stereocenters.